The second-order valence-electron chi connectivity index (χ2n) is 5.66. The van der Waals surface area contributed by atoms with Crippen LogP contribution in [0.2, 0.25) is 5.02 Å². The summed E-state index contributed by atoms with van der Waals surface area (Å²) in [4.78, 5) is 23.4. The number of hydrogen-bond acceptors (Lipinski definition) is 4. The van der Waals surface area contributed by atoms with Gasteiger partial charge >= 0.3 is 6.09 Å². The van der Waals surface area contributed by atoms with Crippen molar-refractivity contribution in [2.24, 2.45) is 5.41 Å². The van der Waals surface area contributed by atoms with Crippen LogP contribution in [-0.4, -0.2) is 32.3 Å². The van der Waals surface area contributed by atoms with E-state index in [1.54, 1.807) is 6.07 Å². The Morgan fingerprint density at radius 2 is 1.95 bits per heavy atom. The van der Waals surface area contributed by atoms with Crippen molar-refractivity contribution in [3.05, 3.63) is 23.2 Å². The Kier molecular flexibility index (Phi) is 6.64. The van der Waals surface area contributed by atoms with Gasteiger partial charge in [-0.25, -0.2) is 4.79 Å². The van der Waals surface area contributed by atoms with E-state index < -0.39 is 11.5 Å². The number of ether oxygens (including phenoxy) is 2. The third-order valence-corrected chi connectivity index (χ3v) is 2.94. The molecule has 0 heterocycles. The van der Waals surface area contributed by atoms with Gasteiger partial charge in [0.05, 0.1) is 11.6 Å². The van der Waals surface area contributed by atoms with Crippen LogP contribution in [0.15, 0.2) is 18.2 Å². The predicted octanol–water partition coefficient (Wildman–Crippen LogP) is 3.06. The number of rotatable bonds is 5. The lowest BCUT2D eigenvalue weighted by Gasteiger charge is -2.18. The van der Waals surface area contributed by atoms with E-state index in [0.29, 0.717) is 18.8 Å². The number of anilines is 1. The molecule has 0 spiro atoms. The molecule has 6 nitrogen and oxygen atoms in total. The Bertz CT molecular complexity index is 541. The van der Waals surface area contributed by atoms with Crippen LogP contribution in [-0.2, 0) is 9.53 Å². The van der Waals surface area contributed by atoms with Crippen molar-refractivity contribution in [2.75, 3.05) is 25.6 Å². The first-order valence-corrected chi connectivity index (χ1v) is 7.17. The van der Waals surface area contributed by atoms with Gasteiger partial charge in [0, 0.05) is 24.8 Å². The third-order valence-electron chi connectivity index (χ3n) is 2.65. The molecule has 2 amide bonds. The molecule has 7 heteroatoms. The van der Waals surface area contributed by atoms with Crippen LogP contribution >= 0.6 is 11.6 Å². The highest BCUT2D eigenvalue weighted by atomic mass is 35.5. The molecule has 1 aromatic rings. The molecule has 0 aliphatic rings. The molecule has 0 fully saturated rings. The van der Waals surface area contributed by atoms with E-state index in [1.165, 1.54) is 19.2 Å². The number of amides is 2. The molecule has 1 aromatic carbocycles. The summed E-state index contributed by atoms with van der Waals surface area (Å²) >= 11 is 6.05. The van der Waals surface area contributed by atoms with Gasteiger partial charge < -0.3 is 20.1 Å². The maximum atomic E-state index is 11.9. The van der Waals surface area contributed by atoms with Crippen LogP contribution in [0.4, 0.5) is 10.5 Å². The van der Waals surface area contributed by atoms with E-state index in [4.69, 9.17) is 21.1 Å². The molecular weight excluding hydrogens is 308 g/mol. The van der Waals surface area contributed by atoms with Gasteiger partial charge in [0.1, 0.15) is 0 Å². The average Bonchev–Trinajstić information content (AvgIpc) is 2.41. The van der Waals surface area contributed by atoms with Gasteiger partial charge in [0.15, 0.2) is 5.75 Å². The number of methoxy groups -OCH3 is 1. The number of halogens is 1. The van der Waals surface area contributed by atoms with E-state index in [0.717, 1.165) is 0 Å². The second-order valence-corrected chi connectivity index (χ2v) is 6.07. The van der Waals surface area contributed by atoms with E-state index in [-0.39, 0.29) is 16.7 Å². The first kappa shape index (κ1) is 18.3. The minimum atomic E-state index is -0.620. The zero-order chi connectivity index (χ0) is 16.8. The SMILES string of the molecule is COCCNC(=O)Oc1ccc(NC(=O)C(C)(C)C)cc1Cl. The van der Waals surface area contributed by atoms with Crippen LogP contribution in [0.1, 0.15) is 20.8 Å². The molecule has 0 saturated heterocycles. The summed E-state index contributed by atoms with van der Waals surface area (Å²) in [5, 5.41) is 5.49. The lowest BCUT2D eigenvalue weighted by atomic mass is 9.95. The van der Waals surface area contributed by atoms with Gasteiger partial charge in [0.25, 0.3) is 0 Å². The van der Waals surface area contributed by atoms with E-state index in [2.05, 4.69) is 10.6 Å². The molecule has 2 N–H and O–H groups in total. The maximum Gasteiger partial charge on any atom is 0.412 e. The van der Waals surface area contributed by atoms with Crippen molar-refractivity contribution in [2.45, 2.75) is 20.8 Å². The molecule has 22 heavy (non-hydrogen) atoms. The van der Waals surface area contributed by atoms with Crippen molar-refractivity contribution < 1.29 is 19.1 Å². The molecule has 0 aliphatic carbocycles. The largest absolute Gasteiger partial charge is 0.412 e. The van der Waals surface area contributed by atoms with Crippen molar-refractivity contribution in [3.63, 3.8) is 0 Å². The molecule has 0 bridgehead atoms. The minimum Gasteiger partial charge on any atom is -0.409 e. The van der Waals surface area contributed by atoms with Crippen LogP contribution in [0.25, 0.3) is 0 Å². The lowest BCUT2D eigenvalue weighted by molar-refractivity contribution is -0.123. The Labute approximate surface area is 135 Å². The summed E-state index contributed by atoms with van der Waals surface area (Å²) in [5.74, 6) is 0.0832. The highest BCUT2D eigenvalue weighted by Crippen LogP contribution is 2.28. The second kappa shape index (κ2) is 8.00. The summed E-state index contributed by atoms with van der Waals surface area (Å²) in [6.45, 7) is 6.16. The fourth-order valence-corrected chi connectivity index (χ4v) is 1.59. The molecule has 0 radical (unpaired) electrons. The maximum absolute atomic E-state index is 11.9. The summed E-state index contributed by atoms with van der Waals surface area (Å²) in [6.07, 6.45) is -0.620. The third kappa shape index (κ3) is 5.91. The Morgan fingerprint density at radius 1 is 1.27 bits per heavy atom. The van der Waals surface area contributed by atoms with Crippen LogP contribution < -0.4 is 15.4 Å². The normalized spacial score (nSPS) is 11.0. The molecule has 0 saturated carbocycles. The standard InChI is InChI=1S/C15H21ClN2O4/c1-15(2,3)13(19)18-10-5-6-12(11(16)9-10)22-14(20)17-7-8-21-4/h5-6,9H,7-8H2,1-4H3,(H,17,20)(H,18,19). The summed E-state index contributed by atoms with van der Waals surface area (Å²) in [7, 11) is 1.54. The molecule has 1 rings (SSSR count). The highest BCUT2D eigenvalue weighted by Gasteiger charge is 2.21. The van der Waals surface area contributed by atoms with E-state index in [9.17, 15) is 9.59 Å². The Hall–Kier alpha value is -1.79. The van der Waals surface area contributed by atoms with Gasteiger partial charge in [-0.1, -0.05) is 32.4 Å². The van der Waals surface area contributed by atoms with E-state index in [1.807, 2.05) is 20.8 Å². The number of carbonyl (C=O) groups is 2. The van der Waals surface area contributed by atoms with Crippen LogP contribution in [0, 0.1) is 5.41 Å². The Balaban J connectivity index is 2.66. The first-order chi connectivity index (χ1) is 10.2. The van der Waals surface area contributed by atoms with Crippen LogP contribution in [0.3, 0.4) is 0 Å². The fraction of sp³-hybridized carbons (Fsp3) is 0.467. The number of nitrogens with one attached hydrogen (secondary N) is 2. The quantitative estimate of drug-likeness (QED) is 0.814. The minimum absolute atomic E-state index is 0.130. The first-order valence-electron chi connectivity index (χ1n) is 6.79. The van der Waals surface area contributed by atoms with Crippen LogP contribution in [0.5, 0.6) is 5.75 Å². The molecule has 0 atom stereocenters. The molecule has 0 aromatic heterocycles. The number of carbonyl (C=O) groups excluding carboxylic acids is 2. The van der Waals surface area contributed by atoms with Gasteiger partial charge in [-0.15, -0.1) is 0 Å². The zero-order valence-electron chi connectivity index (χ0n) is 13.2. The smallest absolute Gasteiger partial charge is 0.409 e. The summed E-state index contributed by atoms with van der Waals surface area (Å²) in [6, 6.07) is 4.67. The van der Waals surface area contributed by atoms with Gasteiger partial charge in [-0.3, -0.25) is 4.79 Å². The summed E-state index contributed by atoms with van der Waals surface area (Å²) in [5.41, 5.74) is 0.0279. The number of benzene rings is 1. The topological polar surface area (TPSA) is 76.7 Å². The Morgan fingerprint density at radius 3 is 2.50 bits per heavy atom. The monoisotopic (exact) mass is 328 g/mol. The zero-order valence-corrected chi connectivity index (χ0v) is 13.9. The van der Waals surface area contributed by atoms with E-state index >= 15 is 0 Å². The number of hydrogen-bond donors (Lipinski definition) is 2. The lowest BCUT2D eigenvalue weighted by Crippen LogP contribution is -2.30. The summed E-state index contributed by atoms with van der Waals surface area (Å²) < 4.78 is 9.88. The predicted molar refractivity (Wildman–Crippen MR) is 85.4 cm³/mol. The molecule has 0 unspecified atom stereocenters. The van der Waals surface area contributed by atoms with Crippen molar-refractivity contribution >= 4 is 29.3 Å². The van der Waals surface area contributed by atoms with Crippen molar-refractivity contribution in [3.8, 4) is 5.75 Å². The average molecular weight is 329 g/mol. The highest BCUT2D eigenvalue weighted by molar-refractivity contribution is 6.32. The molecule has 122 valence electrons. The van der Waals surface area contributed by atoms with Crippen molar-refractivity contribution in [1.82, 2.24) is 5.32 Å². The molecule has 0 aliphatic heterocycles. The van der Waals surface area contributed by atoms with Gasteiger partial charge in [-0.2, -0.15) is 0 Å². The van der Waals surface area contributed by atoms with Gasteiger partial charge in [0.2, 0.25) is 5.91 Å². The van der Waals surface area contributed by atoms with Crippen molar-refractivity contribution in [1.29, 1.82) is 0 Å². The van der Waals surface area contributed by atoms with Gasteiger partial charge in [-0.05, 0) is 18.2 Å². The molecular formula is C15H21ClN2O4. The fourth-order valence-electron chi connectivity index (χ4n) is 1.37.